The second-order valence-corrected chi connectivity index (χ2v) is 4.37. The molecule has 0 saturated heterocycles. The third-order valence-electron chi connectivity index (χ3n) is 2.47. The first kappa shape index (κ1) is 23.8. The normalized spacial score (nSPS) is 8.95. The summed E-state index contributed by atoms with van der Waals surface area (Å²) in [5.74, 6) is -1.85. The molecule has 0 aromatic rings. The van der Waals surface area contributed by atoms with E-state index in [0.29, 0.717) is 0 Å². The van der Waals surface area contributed by atoms with Crippen LogP contribution in [-0.4, -0.2) is 35.8 Å². The van der Waals surface area contributed by atoms with Crippen molar-refractivity contribution >= 4 is 35.8 Å². The van der Waals surface area contributed by atoms with Crippen molar-refractivity contribution in [1.29, 1.82) is 0 Å². The van der Waals surface area contributed by atoms with Crippen molar-refractivity contribution in [2.45, 2.75) is 78.1 Å². The Balaban J connectivity index is -0.000000256. The van der Waals surface area contributed by atoms with E-state index in [0.717, 1.165) is 51.4 Å². The fourth-order valence-electron chi connectivity index (χ4n) is 1.39. The third-order valence-corrected chi connectivity index (χ3v) is 2.47. The van der Waals surface area contributed by atoms with Crippen molar-refractivity contribution in [3.05, 3.63) is 0 Å². The van der Waals surface area contributed by atoms with Gasteiger partial charge >= 0.3 is 23.9 Å². The molecular weight excluding hydrogens is 351 g/mol. The number of rotatable bonds is 10. The van der Waals surface area contributed by atoms with E-state index in [4.69, 9.17) is 0 Å². The maximum absolute atomic E-state index is 9.85. The molecule has 0 saturated carbocycles. The molecule has 0 aromatic carbocycles. The van der Waals surface area contributed by atoms with Gasteiger partial charge in [-0.3, -0.25) is 0 Å². The fraction of sp³-hybridized carbons (Fsp3) is 0.857. The molecule has 0 heterocycles. The van der Waals surface area contributed by atoms with Crippen molar-refractivity contribution in [1.82, 2.24) is 0 Å². The fourth-order valence-corrected chi connectivity index (χ4v) is 1.39. The summed E-state index contributed by atoms with van der Waals surface area (Å²) in [6, 6.07) is 0. The second kappa shape index (κ2) is 20.1. The standard InChI is InChI=1S/2C7H14O2.Sn.2H/c2*1-2-3-4-5-6-7(8)9;;;/h2*2-6H2,1H3,(H,8,9);;;/q;;+2;;/p-2. The minimum atomic E-state index is -0.925. The number of carboxylic acid groups (broad SMARTS) is 2. The Kier molecular flexibility index (Phi) is 25.1. The van der Waals surface area contributed by atoms with Crippen molar-refractivity contribution in [2.24, 2.45) is 0 Å². The van der Waals surface area contributed by atoms with Crippen LogP contribution >= 0.6 is 0 Å². The van der Waals surface area contributed by atoms with Gasteiger partial charge in [0.1, 0.15) is 0 Å². The van der Waals surface area contributed by atoms with Gasteiger partial charge in [-0.2, -0.15) is 0 Å². The third kappa shape index (κ3) is 31.9. The molecule has 0 aliphatic rings. The summed E-state index contributed by atoms with van der Waals surface area (Å²) in [4.78, 5) is 19.7. The number of carboxylic acids is 2. The van der Waals surface area contributed by atoms with Crippen LogP contribution in [0.1, 0.15) is 78.1 Å². The molecular formula is C14H28O4Sn. The Bertz CT molecular complexity index is 186. The zero-order valence-electron chi connectivity index (χ0n) is 12.4. The monoisotopic (exact) mass is 380 g/mol. The molecule has 0 rings (SSSR count). The minimum absolute atomic E-state index is 0. The van der Waals surface area contributed by atoms with Gasteiger partial charge in [0.05, 0.1) is 0 Å². The topological polar surface area (TPSA) is 80.3 Å². The van der Waals surface area contributed by atoms with Gasteiger partial charge in [-0.05, 0) is 25.7 Å². The molecule has 0 aromatic heterocycles. The van der Waals surface area contributed by atoms with Gasteiger partial charge in [0, 0.05) is 11.9 Å². The van der Waals surface area contributed by atoms with Gasteiger partial charge in [0.2, 0.25) is 0 Å². The summed E-state index contributed by atoms with van der Waals surface area (Å²) in [6.45, 7) is 4.19. The number of aliphatic carboxylic acids is 2. The molecule has 0 bridgehead atoms. The molecule has 0 fully saturated rings. The predicted octanol–water partition coefficient (Wildman–Crippen LogP) is 0.497. The summed E-state index contributed by atoms with van der Waals surface area (Å²) in [5.41, 5.74) is 0. The summed E-state index contributed by atoms with van der Waals surface area (Å²) in [7, 11) is 0. The Morgan fingerprint density at radius 1 is 0.684 bits per heavy atom. The maximum atomic E-state index is 9.85. The van der Waals surface area contributed by atoms with Crippen LogP contribution in [0.5, 0.6) is 0 Å². The van der Waals surface area contributed by atoms with Crippen molar-refractivity contribution in [2.75, 3.05) is 0 Å². The van der Waals surface area contributed by atoms with E-state index in [-0.39, 0.29) is 36.7 Å². The van der Waals surface area contributed by atoms with Crippen LogP contribution in [0.2, 0.25) is 0 Å². The molecule has 112 valence electrons. The van der Waals surface area contributed by atoms with E-state index >= 15 is 0 Å². The zero-order chi connectivity index (χ0) is 14.2. The SMILES string of the molecule is CCCCCCC(=O)[O-].CCCCCCC(=O)[O-].[SnH2+2]. The van der Waals surface area contributed by atoms with Gasteiger partial charge in [0.15, 0.2) is 0 Å². The molecule has 0 spiro atoms. The first-order chi connectivity index (χ1) is 8.54. The van der Waals surface area contributed by atoms with Crippen LogP contribution < -0.4 is 10.2 Å². The summed E-state index contributed by atoms with van der Waals surface area (Å²) < 4.78 is 0. The Morgan fingerprint density at radius 3 is 1.21 bits per heavy atom. The van der Waals surface area contributed by atoms with E-state index in [2.05, 4.69) is 13.8 Å². The molecule has 0 amide bonds. The quantitative estimate of drug-likeness (QED) is 0.409. The number of carbonyl (C=O) groups is 2. The van der Waals surface area contributed by atoms with Crippen LogP contribution in [0.15, 0.2) is 0 Å². The van der Waals surface area contributed by atoms with E-state index < -0.39 is 11.9 Å². The second-order valence-electron chi connectivity index (χ2n) is 4.37. The van der Waals surface area contributed by atoms with Gasteiger partial charge < -0.3 is 19.8 Å². The number of unbranched alkanes of at least 4 members (excludes halogenated alkanes) is 6. The van der Waals surface area contributed by atoms with E-state index in [9.17, 15) is 19.8 Å². The van der Waals surface area contributed by atoms with Crippen LogP contribution in [0.25, 0.3) is 0 Å². The van der Waals surface area contributed by atoms with Crippen LogP contribution in [0.4, 0.5) is 0 Å². The molecule has 4 nitrogen and oxygen atoms in total. The Labute approximate surface area is 133 Å². The molecule has 0 radical (unpaired) electrons. The predicted molar refractivity (Wildman–Crippen MR) is 76.1 cm³/mol. The molecule has 0 atom stereocenters. The Hall–Kier alpha value is -0.261. The zero-order valence-corrected chi connectivity index (χ0v) is 16.4. The molecule has 0 N–H and O–H groups in total. The molecule has 0 unspecified atom stereocenters. The number of hydrogen-bond donors (Lipinski definition) is 0. The van der Waals surface area contributed by atoms with Crippen LogP contribution in [-0.2, 0) is 9.59 Å². The van der Waals surface area contributed by atoms with Gasteiger partial charge in [0.25, 0.3) is 0 Å². The Morgan fingerprint density at radius 2 is 1.00 bits per heavy atom. The first-order valence-corrected chi connectivity index (χ1v) is 6.94. The summed E-state index contributed by atoms with van der Waals surface area (Å²) in [5, 5.41) is 19.7. The molecule has 0 aliphatic carbocycles. The summed E-state index contributed by atoms with van der Waals surface area (Å²) >= 11 is 0. The van der Waals surface area contributed by atoms with E-state index in [1.54, 1.807) is 0 Å². The van der Waals surface area contributed by atoms with Crippen molar-refractivity contribution in [3.63, 3.8) is 0 Å². The van der Waals surface area contributed by atoms with Crippen LogP contribution in [0, 0.1) is 0 Å². The van der Waals surface area contributed by atoms with Gasteiger partial charge in [-0.25, -0.2) is 0 Å². The molecule has 0 aliphatic heterocycles. The average Bonchev–Trinajstić information content (AvgIpc) is 2.31. The van der Waals surface area contributed by atoms with Gasteiger partial charge in [-0.15, -0.1) is 0 Å². The van der Waals surface area contributed by atoms with E-state index in [1.165, 1.54) is 0 Å². The number of carbonyl (C=O) groups excluding carboxylic acids is 2. The molecule has 5 heteroatoms. The van der Waals surface area contributed by atoms with Crippen molar-refractivity contribution in [3.8, 4) is 0 Å². The summed E-state index contributed by atoms with van der Waals surface area (Å²) in [6.07, 6.45) is 8.59. The average molecular weight is 379 g/mol. The van der Waals surface area contributed by atoms with Crippen LogP contribution in [0.3, 0.4) is 0 Å². The van der Waals surface area contributed by atoms with Crippen molar-refractivity contribution < 1.29 is 19.8 Å². The first-order valence-electron chi connectivity index (χ1n) is 6.94. The van der Waals surface area contributed by atoms with Gasteiger partial charge in [-0.1, -0.05) is 52.4 Å². The molecule has 19 heavy (non-hydrogen) atoms. The van der Waals surface area contributed by atoms with E-state index in [1.807, 2.05) is 0 Å². The number of hydrogen-bond acceptors (Lipinski definition) is 4.